The Kier molecular flexibility index (Phi) is 13.4. The van der Waals surface area contributed by atoms with E-state index in [-0.39, 0.29) is 31.7 Å². The Morgan fingerprint density at radius 1 is 1.00 bits per heavy atom. The van der Waals surface area contributed by atoms with Gasteiger partial charge in [0.25, 0.3) is 0 Å². The van der Waals surface area contributed by atoms with Gasteiger partial charge >= 0.3 is 6.09 Å². The largest absolute Gasteiger partial charge is 0.445 e. The minimum atomic E-state index is -2.13. The van der Waals surface area contributed by atoms with Crippen LogP contribution in [0.15, 0.2) is 60.7 Å². The van der Waals surface area contributed by atoms with Crippen molar-refractivity contribution in [2.24, 2.45) is 0 Å². The Hall–Kier alpha value is -2.31. The highest BCUT2D eigenvalue weighted by molar-refractivity contribution is 6.74. The molecule has 0 saturated carbocycles. The fourth-order valence-electron chi connectivity index (χ4n) is 5.00. The van der Waals surface area contributed by atoms with E-state index in [2.05, 4.69) is 33.9 Å². The summed E-state index contributed by atoms with van der Waals surface area (Å²) in [6.45, 7) is 15.4. The second-order valence-electron chi connectivity index (χ2n) is 13.3. The molecule has 0 radical (unpaired) electrons. The van der Waals surface area contributed by atoms with Crippen molar-refractivity contribution in [3.05, 3.63) is 71.8 Å². The molecule has 1 N–H and O–H groups in total. The van der Waals surface area contributed by atoms with Crippen LogP contribution in [0.2, 0.25) is 18.1 Å². The maximum atomic E-state index is 13.9. The summed E-state index contributed by atoms with van der Waals surface area (Å²) in [5.41, 5.74) is 1.84. The predicted octanol–water partition coefficient (Wildman–Crippen LogP) is 6.50. The van der Waals surface area contributed by atoms with Gasteiger partial charge in [-0.05, 0) is 55.9 Å². The molecule has 2 aromatic rings. The summed E-state index contributed by atoms with van der Waals surface area (Å²) in [7, 11) is -0.555. The molecule has 1 heterocycles. The van der Waals surface area contributed by atoms with E-state index in [4.69, 9.17) is 28.1 Å². The van der Waals surface area contributed by atoms with Gasteiger partial charge in [0, 0.05) is 20.3 Å². The lowest BCUT2D eigenvalue weighted by atomic mass is 9.95. The van der Waals surface area contributed by atoms with E-state index in [0.29, 0.717) is 19.4 Å². The number of rotatable bonds is 16. The van der Waals surface area contributed by atoms with E-state index < -0.39 is 44.6 Å². The first kappa shape index (κ1) is 36.2. The highest BCUT2D eigenvalue weighted by Gasteiger charge is 2.51. The molecule has 0 aromatic heterocycles. The number of carbonyl (C=O) groups excluding carboxylic acids is 1. The average molecular weight is 632 g/mol. The molecule has 246 valence electrons. The van der Waals surface area contributed by atoms with Crippen molar-refractivity contribution in [3.8, 4) is 0 Å². The molecule has 2 aromatic carbocycles. The number of carbonyl (C=O) groups is 1. The summed E-state index contributed by atoms with van der Waals surface area (Å²) >= 11 is 0. The summed E-state index contributed by atoms with van der Waals surface area (Å²) in [5, 5.41) is 9.90. The minimum absolute atomic E-state index is 0.00314. The van der Waals surface area contributed by atoms with E-state index in [1.54, 1.807) is 12.0 Å². The van der Waals surface area contributed by atoms with Gasteiger partial charge < -0.3 is 33.2 Å². The van der Waals surface area contributed by atoms with Gasteiger partial charge in [-0.15, -0.1) is 0 Å². The molecule has 0 bridgehead atoms. The van der Waals surface area contributed by atoms with Gasteiger partial charge in [-0.25, -0.2) is 4.79 Å². The summed E-state index contributed by atoms with van der Waals surface area (Å²) < 4.78 is 37.1. The van der Waals surface area contributed by atoms with Gasteiger partial charge in [-0.2, -0.15) is 0 Å². The first-order valence-electron chi connectivity index (χ1n) is 15.5. The molecule has 1 fully saturated rings. The maximum absolute atomic E-state index is 13.9. The molecule has 1 amide bonds. The molecule has 0 spiro atoms. The van der Waals surface area contributed by atoms with Crippen molar-refractivity contribution in [1.82, 2.24) is 4.90 Å². The molecule has 10 heteroatoms. The zero-order valence-electron chi connectivity index (χ0n) is 27.8. The minimum Gasteiger partial charge on any atom is -0.445 e. The van der Waals surface area contributed by atoms with Gasteiger partial charge in [0.1, 0.15) is 31.7 Å². The van der Waals surface area contributed by atoms with Crippen LogP contribution in [0.25, 0.3) is 0 Å². The fraction of sp³-hybridized carbons (Fsp3) is 0.618. The van der Waals surface area contributed by atoms with E-state index in [1.807, 2.05) is 74.5 Å². The highest BCUT2D eigenvalue weighted by Crippen LogP contribution is 2.39. The third-order valence-corrected chi connectivity index (χ3v) is 12.9. The number of methoxy groups -OCH3 is 1. The number of aliphatic hydroxyl groups excluding tert-OH is 1. The maximum Gasteiger partial charge on any atom is 0.410 e. The van der Waals surface area contributed by atoms with E-state index in [0.717, 1.165) is 11.1 Å². The summed E-state index contributed by atoms with van der Waals surface area (Å²) in [4.78, 5) is 15.6. The first-order chi connectivity index (χ1) is 20.8. The van der Waals surface area contributed by atoms with Crippen molar-refractivity contribution >= 4 is 14.4 Å². The highest BCUT2D eigenvalue weighted by atomic mass is 28.4. The molecule has 3 rings (SSSR count). The lowest BCUT2D eigenvalue weighted by Crippen LogP contribution is -2.54. The molecule has 4 atom stereocenters. The zero-order valence-corrected chi connectivity index (χ0v) is 28.8. The van der Waals surface area contributed by atoms with Crippen LogP contribution >= 0.6 is 0 Å². The standard InChI is InChI=1S/C34H53NO8Si/c1-33(2,3)44(7,8)41-24-29(40-25-38-6)31-30(42-34(4,5)43-31)28(20-15-21-36)35(22-26-16-11-9-12-17-26)32(37)39-23-27-18-13-10-14-19-27/h9-14,16-19,28-31,36H,15,20-25H2,1-8H3/t28-,29+,30-,31+/m0/s1. The monoisotopic (exact) mass is 631 g/mol. The van der Waals surface area contributed by atoms with Crippen LogP contribution in [-0.4, -0.2) is 81.7 Å². The topological polar surface area (TPSA) is 95.9 Å². The van der Waals surface area contributed by atoms with Crippen LogP contribution in [-0.2, 0) is 41.3 Å². The van der Waals surface area contributed by atoms with Gasteiger partial charge in [0.2, 0.25) is 0 Å². The second kappa shape index (κ2) is 16.3. The smallest absolute Gasteiger partial charge is 0.410 e. The predicted molar refractivity (Wildman–Crippen MR) is 172 cm³/mol. The van der Waals surface area contributed by atoms with E-state index in [1.165, 1.54) is 0 Å². The van der Waals surface area contributed by atoms with Crippen LogP contribution in [0.3, 0.4) is 0 Å². The quantitative estimate of drug-likeness (QED) is 0.166. The zero-order chi connectivity index (χ0) is 32.4. The first-order valence-corrected chi connectivity index (χ1v) is 18.4. The van der Waals surface area contributed by atoms with Crippen molar-refractivity contribution in [2.45, 2.75) is 109 Å². The third-order valence-electron chi connectivity index (χ3n) is 8.42. The van der Waals surface area contributed by atoms with E-state index >= 15 is 0 Å². The van der Waals surface area contributed by atoms with Gasteiger partial charge in [-0.3, -0.25) is 4.90 Å². The Balaban J connectivity index is 1.98. The van der Waals surface area contributed by atoms with Crippen molar-refractivity contribution in [2.75, 3.05) is 27.1 Å². The van der Waals surface area contributed by atoms with Crippen LogP contribution in [0.5, 0.6) is 0 Å². The molecule has 1 saturated heterocycles. The van der Waals surface area contributed by atoms with Crippen molar-refractivity contribution in [3.63, 3.8) is 0 Å². The molecule has 1 aliphatic rings. The van der Waals surface area contributed by atoms with Gasteiger partial charge in [0.05, 0.1) is 12.6 Å². The molecule has 1 aliphatic heterocycles. The molecule has 44 heavy (non-hydrogen) atoms. The van der Waals surface area contributed by atoms with Crippen molar-refractivity contribution < 1.29 is 38.0 Å². The number of benzene rings is 2. The van der Waals surface area contributed by atoms with Gasteiger partial charge in [-0.1, -0.05) is 81.4 Å². The average Bonchev–Trinajstić information content (AvgIpc) is 3.30. The molecular weight excluding hydrogens is 578 g/mol. The number of aliphatic hydroxyl groups is 1. The Bertz CT molecular complexity index is 1130. The van der Waals surface area contributed by atoms with Crippen LogP contribution in [0, 0.1) is 0 Å². The molecular formula is C34H53NO8Si. The number of nitrogens with zero attached hydrogens (tertiary/aromatic N) is 1. The normalized spacial score (nSPS) is 19.8. The summed E-state index contributed by atoms with van der Waals surface area (Å²) in [6.07, 6.45) is -1.28. The summed E-state index contributed by atoms with van der Waals surface area (Å²) in [6, 6.07) is 18.9. The Morgan fingerprint density at radius 2 is 1.59 bits per heavy atom. The number of hydrogen-bond acceptors (Lipinski definition) is 8. The van der Waals surface area contributed by atoms with E-state index in [9.17, 15) is 9.90 Å². The second-order valence-corrected chi connectivity index (χ2v) is 18.1. The van der Waals surface area contributed by atoms with Crippen LogP contribution in [0.1, 0.15) is 58.6 Å². The lowest BCUT2D eigenvalue weighted by Gasteiger charge is -2.40. The number of hydrogen-bond donors (Lipinski definition) is 1. The summed E-state index contributed by atoms with van der Waals surface area (Å²) in [5.74, 6) is -0.954. The van der Waals surface area contributed by atoms with Crippen LogP contribution in [0.4, 0.5) is 4.79 Å². The lowest BCUT2D eigenvalue weighted by molar-refractivity contribution is -0.175. The fourth-order valence-corrected chi connectivity index (χ4v) is 6.01. The Labute approximate surface area is 264 Å². The molecule has 0 unspecified atom stereocenters. The molecule has 9 nitrogen and oxygen atoms in total. The Morgan fingerprint density at radius 3 is 2.16 bits per heavy atom. The molecule has 0 aliphatic carbocycles. The van der Waals surface area contributed by atoms with Crippen molar-refractivity contribution in [1.29, 1.82) is 0 Å². The van der Waals surface area contributed by atoms with Gasteiger partial charge in [0.15, 0.2) is 14.1 Å². The van der Waals surface area contributed by atoms with Crippen LogP contribution < -0.4 is 0 Å². The number of amides is 1. The third kappa shape index (κ3) is 10.4. The SMILES string of the molecule is COCO[C@H](CO[Si](C)(C)C(C)(C)C)[C@H]1OC(C)(C)O[C@H]1[C@H](CCCO)N(Cc1ccccc1)C(=O)OCc1ccccc1. The number of ether oxygens (including phenoxy) is 5.